The Kier molecular flexibility index (Phi) is 7.87. The molecule has 2 N–H and O–H groups in total. The standard InChI is InChI=1S/C22H28N2O4/c1-5-15(3)23-21(25)16-11-7-8-12-17(16)24-22(26)18(6-2)28-20-14-10-9-13-19(20)27-4/h7-15,18H,5-6H2,1-4H3,(H,23,25)(H,24,26)/t15-,18+/m0/s1. The number of amides is 2. The van der Waals surface area contributed by atoms with E-state index in [4.69, 9.17) is 9.47 Å². The van der Waals surface area contributed by atoms with Crippen molar-refractivity contribution >= 4 is 17.5 Å². The van der Waals surface area contributed by atoms with Crippen LogP contribution < -0.4 is 20.1 Å². The third kappa shape index (κ3) is 5.49. The van der Waals surface area contributed by atoms with Crippen molar-refractivity contribution in [2.24, 2.45) is 0 Å². The van der Waals surface area contributed by atoms with Crippen molar-refractivity contribution < 1.29 is 19.1 Å². The summed E-state index contributed by atoms with van der Waals surface area (Å²) in [5, 5.41) is 5.75. The summed E-state index contributed by atoms with van der Waals surface area (Å²) >= 11 is 0. The monoisotopic (exact) mass is 384 g/mol. The van der Waals surface area contributed by atoms with Crippen LogP contribution in [0.4, 0.5) is 5.69 Å². The van der Waals surface area contributed by atoms with E-state index in [0.717, 1.165) is 6.42 Å². The maximum absolute atomic E-state index is 12.8. The van der Waals surface area contributed by atoms with Crippen molar-refractivity contribution in [1.82, 2.24) is 5.32 Å². The number of benzene rings is 2. The molecule has 0 spiro atoms. The molecule has 6 heteroatoms. The van der Waals surface area contributed by atoms with Gasteiger partial charge in [0, 0.05) is 6.04 Å². The summed E-state index contributed by atoms with van der Waals surface area (Å²) in [6.45, 7) is 5.80. The van der Waals surface area contributed by atoms with E-state index in [1.807, 2.05) is 32.9 Å². The largest absolute Gasteiger partial charge is 0.493 e. The second-order valence-corrected chi connectivity index (χ2v) is 6.48. The van der Waals surface area contributed by atoms with Crippen LogP contribution in [-0.2, 0) is 4.79 Å². The van der Waals surface area contributed by atoms with Crippen LogP contribution in [0.2, 0.25) is 0 Å². The summed E-state index contributed by atoms with van der Waals surface area (Å²) in [6, 6.07) is 14.2. The van der Waals surface area contributed by atoms with Crippen molar-refractivity contribution in [3.63, 3.8) is 0 Å². The highest BCUT2D eigenvalue weighted by Crippen LogP contribution is 2.27. The van der Waals surface area contributed by atoms with Gasteiger partial charge in [-0.1, -0.05) is 38.1 Å². The van der Waals surface area contributed by atoms with E-state index in [1.165, 1.54) is 0 Å². The van der Waals surface area contributed by atoms with E-state index < -0.39 is 6.10 Å². The Balaban J connectivity index is 2.15. The summed E-state index contributed by atoms with van der Waals surface area (Å²) in [7, 11) is 1.55. The fourth-order valence-electron chi connectivity index (χ4n) is 2.60. The summed E-state index contributed by atoms with van der Waals surface area (Å²) in [5.74, 6) is 0.512. The Labute approximate surface area is 166 Å². The van der Waals surface area contributed by atoms with E-state index in [-0.39, 0.29) is 17.9 Å². The van der Waals surface area contributed by atoms with E-state index >= 15 is 0 Å². The minimum Gasteiger partial charge on any atom is -0.493 e. The molecule has 0 aliphatic heterocycles. The van der Waals surface area contributed by atoms with Crippen LogP contribution >= 0.6 is 0 Å². The molecular formula is C22H28N2O4. The van der Waals surface area contributed by atoms with Gasteiger partial charge in [0.05, 0.1) is 18.4 Å². The SMILES string of the molecule is CC[C@H](C)NC(=O)c1ccccc1NC(=O)[C@@H](CC)Oc1ccccc1OC. The number of anilines is 1. The summed E-state index contributed by atoms with van der Waals surface area (Å²) in [4.78, 5) is 25.3. The van der Waals surface area contributed by atoms with Crippen molar-refractivity contribution in [3.8, 4) is 11.5 Å². The Hall–Kier alpha value is -3.02. The minimum absolute atomic E-state index is 0.0496. The molecule has 0 unspecified atom stereocenters. The van der Waals surface area contributed by atoms with E-state index in [2.05, 4.69) is 10.6 Å². The molecular weight excluding hydrogens is 356 g/mol. The van der Waals surface area contributed by atoms with Crippen LogP contribution in [0.25, 0.3) is 0 Å². The number of methoxy groups -OCH3 is 1. The van der Waals surface area contributed by atoms with Gasteiger partial charge in [-0.15, -0.1) is 0 Å². The van der Waals surface area contributed by atoms with Gasteiger partial charge in [0.1, 0.15) is 0 Å². The average Bonchev–Trinajstić information content (AvgIpc) is 2.72. The molecule has 2 atom stereocenters. The van der Waals surface area contributed by atoms with Crippen molar-refractivity contribution in [2.75, 3.05) is 12.4 Å². The molecule has 28 heavy (non-hydrogen) atoms. The van der Waals surface area contributed by atoms with Gasteiger partial charge >= 0.3 is 0 Å². The average molecular weight is 384 g/mol. The maximum atomic E-state index is 12.8. The molecule has 0 saturated carbocycles. The zero-order chi connectivity index (χ0) is 20.5. The predicted molar refractivity (Wildman–Crippen MR) is 110 cm³/mol. The second-order valence-electron chi connectivity index (χ2n) is 6.48. The first-order valence-corrected chi connectivity index (χ1v) is 9.50. The van der Waals surface area contributed by atoms with Gasteiger partial charge in [-0.25, -0.2) is 0 Å². The first kappa shape index (κ1) is 21.3. The summed E-state index contributed by atoms with van der Waals surface area (Å²) in [6.07, 6.45) is 0.567. The third-order valence-corrected chi connectivity index (χ3v) is 4.42. The Bertz CT molecular complexity index is 807. The topological polar surface area (TPSA) is 76.7 Å². The van der Waals surface area contributed by atoms with Crippen LogP contribution in [0.1, 0.15) is 44.0 Å². The minimum atomic E-state index is -0.720. The van der Waals surface area contributed by atoms with Crippen LogP contribution in [0, 0.1) is 0 Å². The Morgan fingerprint density at radius 2 is 1.61 bits per heavy atom. The fraction of sp³-hybridized carbons (Fsp3) is 0.364. The molecule has 0 fully saturated rings. The number of carbonyl (C=O) groups excluding carboxylic acids is 2. The Morgan fingerprint density at radius 1 is 0.964 bits per heavy atom. The van der Waals surface area contributed by atoms with Gasteiger partial charge in [-0.05, 0) is 44.0 Å². The number of nitrogens with one attached hydrogen (secondary N) is 2. The van der Waals surface area contributed by atoms with Crippen molar-refractivity contribution in [1.29, 1.82) is 0 Å². The molecule has 0 aliphatic carbocycles. The van der Waals surface area contributed by atoms with Gasteiger partial charge in [-0.2, -0.15) is 0 Å². The van der Waals surface area contributed by atoms with E-state index in [0.29, 0.717) is 29.2 Å². The molecule has 0 bridgehead atoms. The highest BCUT2D eigenvalue weighted by atomic mass is 16.5. The van der Waals surface area contributed by atoms with Crippen LogP contribution in [0.5, 0.6) is 11.5 Å². The number of hydrogen-bond donors (Lipinski definition) is 2. The second kappa shape index (κ2) is 10.3. The lowest BCUT2D eigenvalue weighted by molar-refractivity contribution is -0.122. The third-order valence-electron chi connectivity index (χ3n) is 4.42. The molecule has 0 heterocycles. The number of rotatable bonds is 9. The molecule has 6 nitrogen and oxygen atoms in total. The molecule has 0 aliphatic rings. The predicted octanol–water partition coefficient (Wildman–Crippen LogP) is 4.02. The quantitative estimate of drug-likeness (QED) is 0.685. The molecule has 0 radical (unpaired) electrons. The lowest BCUT2D eigenvalue weighted by Gasteiger charge is -2.20. The maximum Gasteiger partial charge on any atom is 0.265 e. The molecule has 150 valence electrons. The fourth-order valence-corrected chi connectivity index (χ4v) is 2.60. The highest BCUT2D eigenvalue weighted by molar-refractivity contribution is 6.04. The van der Waals surface area contributed by atoms with Gasteiger partial charge in [0.2, 0.25) is 0 Å². The molecule has 2 aromatic rings. The van der Waals surface area contributed by atoms with Crippen molar-refractivity contribution in [3.05, 3.63) is 54.1 Å². The molecule has 2 amide bonds. The lowest BCUT2D eigenvalue weighted by Crippen LogP contribution is -2.35. The van der Waals surface area contributed by atoms with Gasteiger partial charge in [0.25, 0.3) is 11.8 Å². The smallest absolute Gasteiger partial charge is 0.265 e. The van der Waals surface area contributed by atoms with Crippen LogP contribution in [-0.4, -0.2) is 31.1 Å². The van der Waals surface area contributed by atoms with E-state index in [1.54, 1.807) is 43.5 Å². The molecule has 2 aromatic carbocycles. The van der Waals surface area contributed by atoms with Crippen molar-refractivity contribution in [2.45, 2.75) is 45.8 Å². The lowest BCUT2D eigenvalue weighted by atomic mass is 10.1. The zero-order valence-electron chi connectivity index (χ0n) is 16.8. The zero-order valence-corrected chi connectivity index (χ0v) is 16.8. The number of para-hydroxylation sites is 3. The van der Waals surface area contributed by atoms with E-state index in [9.17, 15) is 9.59 Å². The Morgan fingerprint density at radius 3 is 2.25 bits per heavy atom. The number of ether oxygens (including phenoxy) is 2. The normalized spacial score (nSPS) is 12.6. The summed E-state index contributed by atoms with van der Waals surface area (Å²) in [5.41, 5.74) is 0.874. The molecule has 2 rings (SSSR count). The van der Waals surface area contributed by atoms with Crippen LogP contribution in [0.15, 0.2) is 48.5 Å². The first-order chi connectivity index (χ1) is 13.5. The number of hydrogen-bond acceptors (Lipinski definition) is 4. The highest BCUT2D eigenvalue weighted by Gasteiger charge is 2.22. The number of carbonyl (C=O) groups is 2. The molecule has 0 saturated heterocycles. The first-order valence-electron chi connectivity index (χ1n) is 9.50. The van der Waals surface area contributed by atoms with Crippen LogP contribution in [0.3, 0.4) is 0 Å². The van der Waals surface area contributed by atoms with Gasteiger partial charge in [-0.3, -0.25) is 9.59 Å². The molecule has 0 aromatic heterocycles. The van der Waals surface area contributed by atoms with Gasteiger partial charge in [0.15, 0.2) is 17.6 Å². The van der Waals surface area contributed by atoms with Gasteiger partial charge < -0.3 is 20.1 Å². The summed E-state index contributed by atoms with van der Waals surface area (Å²) < 4.78 is 11.1.